The Morgan fingerprint density at radius 3 is 2.44 bits per heavy atom. The van der Waals surface area contributed by atoms with Crippen molar-refractivity contribution in [1.82, 2.24) is 24.4 Å². The third-order valence-corrected chi connectivity index (χ3v) is 5.39. The van der Waals surface area contributed by atoms with E-state index in [0.717, 1.165) is 5.56 Å². The Morgan fingerprint density at radius 2 is 1.66 bits per heavy atom. The molecule has 0 saturated carbocycles. The minimum Gasteiger partial charge on any atom is -0.366 e. The standard InChI is InChI=1S/C23H17F3N6/c1-13(14-5-7-16(24)8-6-14)32-12-19(22(26)29-32)18-4-2-3-17(21(18)25)15-9-10-31-20(11-15)28-23(27)30-31/h2-13H,1H3,(H2,27,30)/t13-/m1/s1. The lowest BCUT2D eigenvalue weighted by Gasteiger charge is -2.12. The van der Waals surface area contributed by atoms with E-state index in [4.69, 9.17) is 5.73 Å². The van der Waals surface area contributed by atoms with E-state index >= 15 is 4.39 Å². The lowest BCUT2D eigenvalue weighted by Crippen LogP contribution is -2.07. The van der Waals surface area contributed by atoms with E-state index < -0.39 is 11.8 Å². The first-order valence-electron chi connectivity index (χ1n) is 9.82. The van der Waals surface area contributed by atoms with Crippen molar-refractivity contribution < 1.29 is 13.2 Å². The summed E-state index contributed by atoms with van der Waals surface area (Å²) in [4.78, 5) is 4.09. The van der Waals surface area contributed by atoms with Gasteiger partial charge in [-0.05, 0) is 42.3 Å². The second kappa shape index (κ2) is 7.52. The largest absolute Gasteiger partial charge is 0.366 e. The molecule has 0 spiro atoms. The summed E-state index contributed by atoms with van der Waals surface area (Å²) in [5.41, 5.74) is 7.78. The van der Waals surface area contributed by atoms with E-state index in [2.05, 4.69) is 15.2 Å². The van der Waals surface area contributed by atoms with Crippen LogP contribution in [0.1, 0.15) is 18.5 Å². The molecule has 0 aliphatic heterocycles. The van der Waals surface area contributed by atoms with Gasteiger partial charge in [0.2, 0.25) is 11.9 Å². The van der Waals surface area contributed by atoms with Gasteiger partial charge in [-0.25, -0.2) is 13.3 Å². The van der Waals surface area contributed by atoms with E-state index in [9.17, 15) is 8.78 Å². The fourth-order valence-corrected chi connectivity index (χ4v) is 3.67. The topological polar surface area (TPSA) is 74.0 Å². The quantitative estimate of drug-likeness (QED) is 0.438. The van der Waals surface area contributed by atoms with Gasteiger partial charge in [0.15, 0.2) is 5.65 Å². The van der Waals surface area contributed by atoms with Crippen LogP contribution >= 0.6 is 0 Å². The molecule has 6 nitrogen and oxygen atoms in total. The normalized spacial score (nSPS) is 12.4. The molecule has 0 saturated heterocycles. The molecule has 0 aliphatic carbocycles. The van der Waals surface area contributed by atoms with Crippen LogP contribution in [-0.2, 0) is 0 Å². The molecule has 3 heterocycles. The summed E-state index contributed by atoms with van der Waals surface area (Å²) in [7, 11) is 0. The number of pyridine rings is 1. The van der Waals surface area contributed by atoms with Crippen molar-refractivity contribution in [2.75, 3.05) is 5.73 Å². The predicted octanol–water partition coefficient (Wildman–Crippen LogP) is 4.87. The molecule has 1 atom stereocenters. The monoisotopic (exact) mass is 434 g/mol. The van der Waals surface area contributed by atoms with E-state index in [1.165, 1.54) is 33.6 Å². The third kappa shape index (κ3) is 3.37. The molecule has 3 aromatic heterocycles. The number of fused-ring (bicyclic) bond motifs is 1. The molecule has 0 aliphatic rings. The number of rotatable bonds is 4. The summed E-state index contributed by atoms with van der Waals surface area (Å²) in [6.45, 7) is 1.80. The van der Waals surface area contributed by atoms with Crippen LogP contribution in [0.25, 0.3) is 27.9 Å². The van der Waals surface area contributed by atoms with E-state index in [1.807, 2.05) is 0 Å². The number of hydrogen-bond acceptors (Lipinski definition) is 4. The summed E-state index contributed by atoms with van der Waals surface area (Å²) >= 11 is 0. The molecule has 0 radical (unpaired) electrons. The number of halogens is 3. The molecular formula is C23H17F3N6. The van der Waals surface area contributed by atoms with Gasteiger partial charge in [0.05, 0.1) is 11.6 Å². The van der Waals surface area contributed by atoms with Gasteiger partial charge in [0.25, 0.3) is 0 Å². The number of nitrogens with zero attached hydrogens (tertiary/aromatic N) is 5. The molecule has 0 amide bonds. The number of nitrogen functional groups attached to an aromatic ring is 1. The molecule has 2 aromatic carbocycles. The van der Waals surface area contributed by atoms with Crippen molar-refractivity contribution in [3.05, 3.63) is 90.1 Å². The van der Waals surface area contributed by atoms with Gasteiger partial charge < -0.3 is 5.73 Å². The first-order valence-corrected chi connectivity index (χ1v) is 9.82. The van der Waals surface area contributed by atoms with Crippen LogP contribution in [0.15, 0.2) is 67.0 Å². The number of anilines is 1. The van der Waals surface area contributed by atoms with E-state index in [-0.39, 0.29) is 34.5 Å². The number of nitrogens with two attached hydrogens (primary N) is 1. The van der Waals surface area contributed by atoms with Crippen LogP contribution in [0.3, 0.4) is 0 Å². The minimum absolute atomic E-state index is 0.0334. The zero-order chi connectivity index (χ0) is 22.4. The lowest BCUT2D eigenvalue weighted by atomic mass is 10.00. The van der Waals surface area contributed by atoms with Crippen LogP contribution in [0.5, 0.6) is 0 Å². The Hall–Kier alpha value is -4.14. The Bertz CT molecular complexity index is 1440. The van der Waals surface area contributed by atoms with Gasteiger partial charge in [-0.3, -0.25) is 4.68 Å². The third-order valence-electron chi connectivity index (χ3n) is 5.39. The first-order chi connectivity index (χ1) is 15.4. The Morgan fingerprint density at radius 1 is 0.906 bits per heavy atom. The van der Waals surface area contributed by atoms with E-state index in [0.29, 0.717) is 11.2 Å². The molecule has 32 heavy (non-hydrogen) atoms. The molecular weight excluding hydrogens is 417 g/mol. The Labute approximate surface area is 180 Å². The fraction of sp³-hybridized carbons (Fsp3) is 0.0870. The van der Waals surface area contributed by atoms with Crippen molar-refractivity contribution in [2.24, 2.45) is 0 Å². The number of hydrogen-bond donors (Lipinski definition) is 1. The second-order valence-corrected chi connectivity index (χ2v) is 7.40. The average molecular weight is 434 g/mol. The van der Waals surface area contributed by atoms with Gasteiger partial charge in [0.1, 0.15) is 11.6 Å². The van der Waals surface area contributed by atoms with Crippen LogP contribution in [-0.4, -0.2) is 24.4 Å². The molecule has 9 heteroatoms. The molecule has 160 valence electrons. The fourth-order valence-electron chi connectivity index (χ4n) is 3.67. The predicted molar refractivity (Wildman–Crippen MR) is 114 cm³/mol. The van der Waals surface area contributed by atoms with Crippen molar-refractivity contribution in [3.8, 4) is 22.3 Å². The SMILES string of the molecule is C[C@H](c1ccc(F)cc1)n1cc(-c2cccc(-c3ccn4nc(N)nc4c3)c2F)c(F)n1. The maximum Gasteiger partial charge on any atom is 0.240 e. The maximum atomic E-state index is 15.5. The zero-order valence-electron chi connectivity index (χ0n) is 16.9. The summed E-state index contributed by atoms with van der Waals surface area (Å²) < 4.78 is 46.4. The van der Waals surface area contributed by atoms with Gasteiger partial charge in [-0.15, -0.1) is 10.2 Å². The highest BCUT2D eigenvalue weighted by Gasteiger charge is 2.20. The van der Waals surface area contributed by atoms with Crippen LogP contribution in [0.2, 0.25) is 0 Å². The first kappa shape index (κ1) is 19.8. The molecule has 0 unspecified atom stereocenters. The van der Waals surface area contributed by atoms with Crippen LogP contribution < -0.4 is 5.73 Å². The highest BCUT2D eigenvalue weighted by Crippen LogP contribution is 2.33. The van der Waals surface area contributed by atoms with Gasteiger partial charge in [0, 0.05) is 23.5 Å². The summed E-state index contributed by atoms with van der Waals surface area (Å²) in [6, 6.07) is 13.6. The second-order valence-electron chi connectivity index (χ2n) is 7.40. The Kier molecular flexibility index (Phi) is 4.66. The zero-order valence-corrected chi connectivity index (χ0v) is 16.9. The number of benzene rings is 2. The maximum absolute atomic E-state index is 15.5. The van der Waals surface area contributed by atoms with Crippen LogP contribution in [0.4, 0.5) is 19.1 Å². The minimum atomic E-state index is -0.796. The summed E-state index contributed by atoms with van der Waals surface area (Å²) in [5.74, 6) is -1.63. The smallest absolute Gasteiger partial charge is 0.240 e. The van der Waals surface area contributed by atoms with Gasteiger partial charge >= 0.3 is 0 Å². The molecule has 2 N–H and O–H groups in total. The molecule has 5 aromatic rings. The summed E-state index contributed by atoms with van der Waals surface area (Å²) in [5, 5.41) is 7.93. The summed E-state index contributed by atoms with van der Waals surface area (Å²) in [6.07, 6.45) is 3.08. The molecule has 0 bridgehead atoms. The highest BCUT2D eigenvalue weighted by atomic mass is 19.1. The van der Waals surface area contributed by atoms with Crippen molar-refractivity contribution in [1.29, 1.82) is 0 Å². The average Bonchev–Trinajstić information content (AvgIpc) is 3.35. The van der Waals surface area contributed by atoms with E-state index in [1.54, 1.807) is 49.5 Å². The molecule has 5 rings (SSSR count). The van der Waals surface area contributed by atoms with Crippen molar-refractivity contribution in [3.63, 3.8) is 0 Å². The van der Waals surface area contributed by atoms with Crippen LogP contribution in [0, 0.1) is 17.6 Å². The van der Waals surface area contributed by atoms with Gasteiger partial charge in [-0.2, -0.15) is 9.37 Å². The van der Waals surface area contributed by atoms with Gasteiger partial charge in [-0.1, -0.05) is 30.3 Å². The highest BCUT2D eigenvalue weighted by molar-refractivity contribution is 5.75. The lowest BCUT2D eigenvalue weighted by molar-refractivity contribution is 0.499. The van der Waals surface area contributed by atoms with Crippen molar-refractivity contribution in [2.45, 2.75) is 13.0 Å². The van der Waals surface area contributed by atoms with Crippen molar-refractivity contribution >= 4 is 11.6 Å². The Balaban J connectivity index is 1.55. The molecule has 0 fully saturated rings. The number of aromatic nitrogens is 5.